The van der Waals surface area contributed by atoms with Gasteiger partial charge in [0, 0.05) is 43.1 Å². The van der Waals surface area contributed by atoms with E-state index in [-0.39, 0.29) is 30.0 Å². The molecule has 1 N–H and O–H groups in total. The van der Waals surface area contributed by atoms with E-state index >= 15 is 0 Å². The highest BCUT2D eigenvalue weighted by Gasteiger charge is 2.27. The average molecular weight is 476 g/mol. The van der Waals surface area contributed by atoms with Crippen LogP contribution in [0.4, 0.5) is 4.39 Å². The number of amides is 3. The maximum Gasteiger partial charge on any atom is 0.253 e. The lowest BCUT2D eigenvalue weighted by atomic mass is 10.0. The van der Waals surface area contributed by atoms with Gasteiger partial charge < -0.3 is 15.1 Å². The first-order valence-electron chi connectivity index (χ1n) is 9.68. The quantitative estimate of drug-likeness (QED) is 0.721. The predicted octanol–water partition coefficient (Wildman–Crippen LogP) is 3.14. The number of carbonyl (C=O) groups is 3. The van der Waals surface area contributed by atoms with E-state index in [4.69, 9.17) is 0 Å². The number of carbonyl (C=O) groups excluding carboxylic acids is 3. The van der Waals surface area contributed by atoms with Crippen molar-refractivity contribution in [1.29, 1.82) is 0 Å². The lowest BCUT2D eigenvalue weighted by Gasteiger charge is -2.35. The Hall–Kier alpha value is -2.74. The van der Waals surface area contributed by atoms with Crippen molar-refractivity contribution in [2.45, 2.75) is 19.4 Å². The van der Waals surface area contributed by atoms with Crippen LogP contribution in [0.25, 0.3) is 0 Å². The Morgan fingerprint density at radius 3 is 2.10 bits per heavy atom. The molecule has 2 aromatic carbocycles. The molecule has 1 atom stereocenters. The van der Waals surface area contributed by atoms with Crippen LogP contribution in [0.3, 0.4) is 0 Å². The van der Waals surface area contributed by atoms with Gasteiger partial charge in [0.15, 0.2) is 0 Å². The summed E-state index contributed by atoms with van der Waals surface area (Å²) in [6.45, 7) is 3.07. The summed E-state index contributed by atoms with van der Waals surface area (Å²) in [7, 11) is 0. The summed E-state index contributed by atoms with van der Waals surface area (Å²) in [4.78, 5) is 40.4. The number of piperazine rings is 1. The Morgan fingerprint density at radius 2 is 1.53 bits per heavy atom. The van der Waals surface area contributed by atoms with Crippen molar-refractivity contribution in [3.05, 3.63) is 69.9 Å². The zero-order valence-corrected chi connectivity index (χ0v) is 18.2. The molecule has 3 amide bonds. The minimum absolute atomic E-state index is 0.0782. The summed E-state index contributed by atoms with van der Waals surface area (Å²) < 4.78 is 14.0. The number of halogens is 2. The van der Waals surface area contributed by atoms with Gasteiger partial charge in [0.1, 0.15) is 5.82 Å². The third kappa shape index (κ3) is 5.66. The molecule has 1 fully saturated rings. The number of nitrogens with one attached hydrogen (secondary N) is 1. The third-order valence-corrected chi connectivity index (χ3v) is 5.57. The maximum atomic E-state index is 13.1. The van der Waals surface area contributed by atoms with Crippen molar-refractivity contribution >= 4 is 33.7 Å². The fourth-order valence-electron chi connectivity index (χ4n) is 3.43. The number of hydrogen-bond acceptors (Lipinski definition) is 3. The van der Waals surface area contributed by atoms with E-state index in [0.29, 0.717) is 31.7 Å². The molecule has 0 saturated carbocycles. The van der Waals surface area contributed by atoms with Gasteiger partial charge in [-0.3, -0.25) is 14.4 Å². The largest absolute Gasteiger partial charge is 0.349 e. The molecule has 30 heavy (non-hydrogen) atoms. The Balaban J connectivity index is 1.59. The number of hydrogen-bond donors (Lipinski definition) is 1. The summed E-state index contributed by atoms with van der Waals surface area (Å²) in [5.41, 5.74) is 1.28. The zero-order valence-electron chi connectivity index (χ0n) is 16.6. The lowest BCUT2D eigenvalue weighted by Crippen LogP contribution is -2.51. The van der Waals surface area contributed by atoms with Crippen LogP contribution in [-0.4, -0.2) is 53.7 Å². The first kappa shape index (κ1) is 22.0. The summed E-state index contributed by atoms with van der Waals surface area (Å²) in [6, 6.07) is 12.5. The van der Waals surface area contributed by atoms with Crippen molar-refractivity contribution in [3.8, 4) is 0 Å². The second-order valence-electron chi connectivity index (χ2n) is 7.19. The highest BCUT2D eigenvalue weighted by molar-refractivity contribution is 9.10. The molecular formula is C22H23BrFN3O3. The summed E-state index contributed by atoms with van der Waals surface area (Å²) in [5.74, 6) is -0.842. The van der Waals surface area contributed by atoms with Crippen LogP contribution in [0.2, 0.25) is 0 Å². The van der Waals surface area contributed by atoms with Crippen LogP contribution < -0.4 is 5.32 Å². The molecule has 0 bridgehead atoms. The molecule has 8 heteroatoms. The van der Waals surface area contributed by atoms with Gasteiger partial charge in [-0.2, -0.15) is 0 Å². The normalized spacial score (nSPS) is 14.9. The van der Waals surface area contributed by atoms with Gasteiger partial charge in [0.05, 0.1) is 12.5 Å². The SMILES string of the molecule is CC(=O)NC(CC(=O)N1CCN(C(=O)c2ccc(F)cc2)CC1)c1ccc(Br)cc1. The summed E-state index contributed by atoms with van der Waals surface area (Å²) >= 11 is 3.38. The van der Waals surface area contributed by atoms with Gasteiger partial charge >= 0.3 is 0 Å². The summed E-state index contributed by atoms with van der Waals surface area (Å²) in [6.07, 6.45) is 0.146. The van der Waals surface area contributed by atoms with Crippen molar-refractivity contribution in [3.63, 3.8) is 0 Å². The Morgan fingerprint density at radius 1 is 0.967 bits per heavy atom. The molecule has 0 spiro atoms. The van der Waals surface area contributed by atoms with Crippen LogP contribution in [0.5, 0.6) is 0 Å². The van der Waals surface area contributed by atoms with Crippen LogP contribution in [0.1, 0.15) is 35.3 Å². The van der Waals surface area contributed by atoms with Gasteiger partial charge in [-0.15, -0.1) is 0 Å². The Kier molecular flexibility index (Phi) is 7.20. The number of rotatable bonds is 5. The van der Waals surface area contributed by atoms with Crippen LogP contribution in [-0.2, 0) is 9.59 Å². The van der Waals surface area contributed by atoms with Crippen molar-refractivity contribution < 1.29 is 18.8 Å². The van der Waals surface area contributed by atoms with E-state index < -0.39 is 6.04 Å². The molecule has 0 aliphatic carbocycles. The van der Waals surface area contributed by atoms with E-state index in [1.807, 2.05) is 24.3 Å². The predicted molar refractivity (Wildman–Crippen MR) is 114 cm³/mol. The van der Waals surface area contributed by atoms with Gasteiger partial charge in [-0.05, 0) is 42.0 Å². The fourth-order valence-corrected chi connectivity index (χ4v) is 3.69. The van der Waals surface area contributed by atoms with E-state index in [0.717, 1.165) is 10.0 Å². The van der Waals surface area contributed by atoms with Crippen LogP contribution in [0, 0.1) is 5.82 Å². The molecule has 2 aromatic rings. The van der Waals surface area contributed by atoms with Crippen molar-refractivity contribution in [2.24, 2.45) is 0 Å². The number of benzene rings is 2. The zero-order chi connectivity index (χ0) is 21.7. The van der Waals surface area contributed by atoms with E-state index in [2.05, 4.69) is 21.2 Å². The molecule has 0 aromatic heterocycles. The van der Waals surface area contributed by atoms with Crippen molar-refractivity contribution in [1.82, 2.24) is 15.1 Å². The van der Waals surface area contributed by atoms with E-state index in [1.165, 1.54) is 31.2 Å². The second kappa shape index (κ2) is 9.84. The first-order valence-corrected chi connectivity index (χ1v) is 10.5. The monoisotopic (exact) mass is 475 g/mol. The van der Waals surface area contributed by atoms with Gasteiger partial charge in [0.25, 0.3) is 5.91 Å². The Bertz CT molecular complexity index is 910. The molecule has 1 saturated heterocycles. The summed E-state index contributed by atoms with van der Waals surface area (Å²) in [5, 5.41) is 2.84. The standard InChI is InChI=1S/C22H23BrFN3O3/c1-15(28)25-20(16-2-6-18(23)7-3-16)14-21(29)26-10-12-27(13-11-26)22(30)17-4-8-19(24)9-5-17/h2-9,20H,10-14H2,1H3,(H,25,28). The van der Waals surface area contributed by atoms with Gasteiger partial charge in [0.2, 0.25) is 11.8 Å². The van der Waals surface area contributed by atoms with Gasteiger partial charge in [-0.1, -0.05) is 28.1 Å². The Labute approximate surface area is 183 Å². The minimum Gasteiger partial charge on any atom is -0.349 e. The highest BCUT2D eigenvalue weighted by atomic mass is 79.9. The molecule has 1 aliphatic heterocycles. The molecule has 3 rings (SSSR count). The van der Waals surface area contributed by atoms with Crippen molar-refractivity contribution in [2.75, 3.05) is 26.2 Å². The highest BCUT2D eigenvalue weighted by Crippen LogP contribution is 2.21. The maximum absolute atomic E-state index is 13.1. The van der Waals surface area contributed by atoms with E-state index in [9.17, 15) is 18.8 Å². The topological polar surface area (TPSA) is 69.7 Å². The average Bonchev–Trinajstić information content (AvgIpc) is 2.73. The smallest absolute Gasteiger partial charge is 0.253 e. The second-order valence-corrected chi connectivity index (χ2v) is 8.10. The molecule has 158 valence electrons. The molecule has 6 nitrogen and oxygen atoms in total. The lowest BCUT2D eigenvalue weighted by molar-refractivity contribution is -0.133. The molecule has 1 heterocycles. The van der Waals surface area contributed by atoms with Crippen LogP contribution >= 0.6 is 15.9 Å². The van der Waals surface area contributed by atoms with Gasteiger partial charge in [-0.25, -0.2) is 4.39 Å². The first-order chi connectivity index (χ1) is 14.3. The van der Waals surface area contributed by atoms with Crippen LogP contribution in [0.15, 0.2) is 53.0 Å². The third-order valence-electron chi connectivity index (χ3n) is 5.04. The molecule has 0 radical (unpaired) electrons. The number of nitrogens with zero attached hydrogens (tertiary/aromatic N) is 2. The van der Waals surface area contributed by atoms with E-state index in [1.54, 1.807) is 9.80 Å². The molecule has 1 aliphatic rings. The minimum atomic E-state index is -0.415. The molecule has 1 unspecified atom stereocenters. The molecular weight excluding hydrogens is 453 g/mol. The fraction of sp³-hybridized carbons (Fsp3) is 0.318.